The smallest absolute Gasteiger partial charge is 0.457 e. The molecule has 0 aliphatic heterocycles. The Morgan fingerprint density at radius 3 is 2.19 bits per heavy atom. The summed E-state index contributed by atoms with van der Waals surface area (Å²) < 4.78 is 10.5. The van der Waals surface area contributed by atoms with Gasteiger partial charge in [-0.2, -0.15) is 9.97 Å². The van der Waals surface area contributed by atoms with Crippen LogP contribution in [0, 0.1) is 0 Å². The van der Waals surface area contributed by atoms with E-state index in [1.807, 2.05) is 72.8 Å². The molecule has 0 aliphatic carbocycles. The Labute approximate surface area is 154 Å². The second kappa shape index (κ2) is 7.13. The SMILES string of the molecule is O=C(O)Oc1nc(-c2ccc(Oc3ccccc3)cc2)c2ccccc2n1. The first kappa shape index (κ1) is 16.5. The van der Waals surface area contributed by atoms with Crippen LogP contribution in [0.1, 0.15) is 0 Å². The van der Waals surface area contributed by atoms with Crippen LogP contribution >= 0.6 is 0 Å². The third-order valence-electron chi connectivity index (χ3n) is 3.87. The lowest BCUT2D eigenvalue weighted by molar-refractivity contribution is 0.140. The highest BCUT2D eigenvalue weighted by molar-refractivity contribution is 5.92. The highest BCUT2D eigenvalue weighted by atomic mass is 16.7. The minimum atomic E-state index is -1.46. The van der Waals surface area contributed by atoms with E-state index in [0.717, 1.165) is 16.7 Å². The molecule has 0 saturated heterocycles. The van der Waals surface area contributed by atoms with E-state index in [1.54, 1.807) is 6.07 Å². The van der Waals surface area contributed by atoms with Crippen molar-refractivity contribution in [1.82, 2.24) is 9.97 Å². The van der Waals surface area contributed by atoms with Gasteiger partial charge in [-0.15, -0.1) is 0 Å². The molecule has 1 aromatic heterocycles. The van der Waals surface area contributed by atoms with E-state index in [4.69, 9.17) is 9.84 Å². The fraction of sp³-hybridized carbons (Fsp3) is 0. The molecular weight excluding hydrogens is 344 g/mol. The molecule has 0 aliphatic rings. The highest BCUT2D eigenvalue weighted by Crippen LogP contribution is 2.30. The lowest BCUT2D eigenvalue weighted by Crippen LogP contribution is -2.07. The molecule has 6 heteroatoms. The molecule has 0 saturated carbocycles. The summed E-state index contributed by atoms with van der Waals surface area (Å²) >= 11 is 0. The molecule has 27 heavy (non-hydrogen) atoms. The molecule has 1 heterocycles. The van der Waals surface area contributed by atoms with Crippen molar-refractivity contribution in [3.05, 3.63) is 78.9 Å². The Morgan fingerprint density at radius 1 is 0.778 bits per heavy atom. The highest BCUT2D eigenvalue weighted by Gasteiger charge is 2.13. The van der Waals surface area contributed by atoms with Crippen molar-refractivity contribution in [1.29, 1.82) is 0 Å². The van der Waals surface area contributed by atoms with Crippen molar-refractivity contribution < 1.29 is 19.4 Å². The maximum Gasteiger partial charge on any atom is 0.513 e. The van der Waals surface area contributed by atoms with Crippen molar-refractivity contribution in [2.75, 3.05) is 0 Å². The number of nitrogens with zero attached hydrogens (tertiary/aromatic N) is 2. The monoisotopic (exact) mass is 358 g/mol. The van der Waals surface area contributed by atoms with E-state index >= 15 is 0 Å². The van der Waals surface area contributed by atoms with E-state index in [9.17, 15) is 4.79 Å². The van der Waals surface area contributed by atoms with Gasteiger partial charge >= 0.3 is 12.2 Å². The van der Waals surface area contributed by atoms with Crippen molar-refractivity contribution >= 4 is 17.1 Å². The van der Waals surface area contributed by atoms with Gasteiger partial charge in [0.05, 0.1) is 11.2 Å². The van der Waals surface area contributed by atoms with E-state index < -0.39 is 6.16 Å². The zero-order valence-electron chi connectivity index (χ0n) is 14.1. The van der Waals surface area contributed by atoms with Gasteiger partial charge in [0.15, 0.2) is 0 Å². The minimum Gasteiger partial charge on any atom is -0.457 e. The van der Waals surface area contributed by atoms with Gasteiger partial charge < -0.3 is 14.6 Å². The fourth-order valence-corrected chi connectivity index (χ4v) is 2.70. The van der Waals surface area contributed by atoms with Crippen molar-refractivity contribution in [3.8, 4) is 28.8 Å². The topological polar surface area (TPSA) is 81.5 Å². The van der Waals surface area contributed by atoms with Crippen LogP contribution < -0.4 is 9.47 Å². The molecule has 132 valence electrons. The van der Waals surface area contributed by atoms with E-state index in [0.29, 0.717) is 17.0 Å². The summed E-state index contributed by atoms with van der Waals surface area (Å²) in [6, 6.07) is 24.0. The summed E-state index contributed by atoms with van der Waals surface area (Å²) in [4.78, 5) is 19.3. The Morgan fingerprint density at radius 2 is 1.44 bits per heavy atom. The number of aromatic nitrogens is 2. The summed E-state index contributed by atoms with van der Waals surface area (Å²) in [5.74, 6) is 1.43. The Balaban J connectivity index is 1.71. The molecule has 0 fully saturated rings. The third-order valence-corrected chi connectivity index (χ3v) is 3.87. The number of ether oxygens (including phenoxy) is 2. The van der Waals surface area contributed by atoms with Gasteiger partial charge in [-0.1, -0.05) is 36.4 Å². The molecule has 0 radical (unpaired) electrons. The van der Waals surface area contributed by atoms with Crippen molar-refractivity contribution in [2.24, 2.45) is 0 Å². The maximum atomic E-state index is 10.9. The normalized spacial score (nSPS) is 10.5. The minimum absolute atomic E-state index is 0.208. The van der Waals surface area contributed by atoms with Crippen LogP contribution in [0.5, 0.6) is 17.5 Å². The van der Waals surface area contributed by atoms with Crippen LogP contribution in [-0.4, -0.2) is 21.2 Å². The molecule has 0 bridgehead atoms. The third kappa shape index (κ3) is 3.69. The van der Waals surface area contributed by atoms with Crippen LogP contribution in [0.2, 0.25) is 0 Å². The summed E-state index contributed by atoms with van der Waals surface area (Å²) in [5.41, 5.74) is 1.98. The van der Waals surface area contributed by atoms with E-state index in [1.165, 1.54) is 0 Å². The summed E-state index contributed by atoms with van der Waals surface area (Å²) in [6.07, 6.45) is -1.46. The van der Waals surface area contributed by atoms with Gasteiger partial charge in [-0.3, -0.25) is 0 Å². The number of para-hydroxylation sites is 2. The molecular formula is C21H14N2O4. The second-order valence-electron chi connectivity index (χ2n) is 5.68. The van der Waals surface area contributed by atoms with Crippen LogP contribution in [0.3, 0.4) is 0 Å². The van der Waals surface area contributed by atoms with Gasteiger partial charge in [-0.25, -0.2) is 4.79 Å². The first-order valence-corrected chi connectivity index (χ1v) is 8.20. The zero-order chi connectivity index (χ0) is 18.6. The Bertz CT molecular complexity index is 1100. The largest absolute Gasteiger partial charge is 0.513 e. The lowest BCUT2D eigenvalue weighted by Gasteiger charge is -2.09. The molecule has 4 aromatic rings. The van der Waals surface area contributed by atoms with E-state index in [-0.39, 0.29) is 6.01 Å². The molecule has 0 atom stereocenters. The maximum absolute atomic E-state index is 10.9. The average molecular weight is 358 g/mol. The second-order valence-corrected chi connectivity index (χ2v) is 5.68. The van der Waals surface area contributed by atoms with Crippen LogP contribution in [0.15, 0.2) is 78.9 Å². The Hall–Kier alpha value is -3.93. The van der Waals surface area contributed by atoms with Crippen molar-refractivity contribution in [3.63, 3.8) is 0 Å². The summed E-state index contributed by atoms with van der Waals surface area (Å²) in [7, 11) is 0. The molecule has 4 rings (SSSR count). The van der Waals surface area contributed by atoms with Gasteiger partial charge in [0.1, 0.15) is 11.5 Å². The van der Waals surface area contributed by atoms with Crippen LogP contribution in [-0.2, 0) is 0 Å². The summed E-state index contributed by atoms with van der Waals surface area (Å²) in [5, 5.41) is 9.66. The zero-order valence-corrected chi connectivity index (χ0v) is 14.1. The number of hydrogen-bond donors (Lipinski definition) is 1. The first-order chi connectivity index (χ1) is 13.2. The molecule has 1 N–H and O–H groups in total. The number of fused-ring (bicyclic) bond motifs is 1. The Kier molecular flexibility index (Phi) is 4.37. The summed E-state index contributed by atoms with van der Waals surface area (Å²) in [6.45, 7) is 0. The van der Waals surface area contributed by atoms with Crippen LogP contribution in [0.25, 0.3) is 22.2 Å². The number of carboxylic acid groups (broad SMARTS) is 1. The molecule has 0 amide bonds. The number of hydrogen-bond acceptors (Lipinski definition) is 5. The van der Waals surface area contributed by atoms with Crippen LogP contribution in [0.4, 0.5) is 4.79 Å². The average Bonchev–Trinajstić information content (AvgIpc) is 2.68. The molecule has 3 aromatic carbocycles. The predicted molar refractivity (Wildman–Crippen MR) is 100 cm³/mol. The van der Waals surface area contributed by atoms with Gasteiger partial charge in [0, 0.05) is 10.9 Å². The predicted octanol–water partition coefficient (Wildman–Crippen LogP) is 5.15. The number of rotatable bonds is 4. The quantitative estimate of drug-likeness (QED) is 0.508. The standard InChI is InChI=1S/C21H14N2O4/c24-21(25)27-20-22-18-9-5-4-8-17(18)19(23-20)14-10-12-16(13-11-14)26-15-6-2-1-3-7-15/h1-13H,(H,24,25). The molecule has 0 spiro atoms. The fourth-order valence-electron chi connectivity index (χ4n) is 2.70. The number of carbonyl (C=O) groups is 1. The van der Waals surface area contributed by atoms with E-state index in [2.05, 4.69) is 14.7 Å². The van der Waals surface area contributed by atoms with Gasteiger partial charge in [0.2, 0.25) is 0 Å². The number of benzene rings is 3. The lowest BCUT2D eigenvalue weighted by atomic mass is 10.1. The first-order valence-electron chi connectivity index (χ1n) is 8.20. The van der Waals surface area contributed by atoms with Crippen molar-refractivity contribution in [2.45, 2.75) is 0 Å². The van der Waals surface area contributed by atoms with Gasteiger partial charge in [-0.05, 0) is 42.5 Å². The molecule has 6 nitrogen and oxygen atoms in total. The molecule has 0 unspecified atom stereocenters. The van der Waals surface area contributed by atoms with Gasteiger partial charge in [0.25, 0.3) is 0 Å².